The molecule has 2 aromatic carbocycles. The third kappa shape index (κ3) is 4.50. The zero-order valence-electron chi connectivity index (χ0n) is 17.9. The largest absolute Gasteiger partial charge is 0.349 e. The highest BCUT2D eigenvalue weighted by atomic mass is 35.5. The van der Waals surface area contributed by atoms with E-state index in [1.54, 1.807) is 12.3 Å². The minimum Gasteiger partial charge on any atom is -0.349 e. The number of piperidine rings is 1. The normalized spacial score (nSPS) is 18.3. The maximum atomic E-state index is 12.9. The third-order valence-corrected chi connectivity index (χ3v) is 6.02. The van der Waals surface area contributed by atoms with E-state index in [2.05, 4.69) is 55.4 Å². The van der Waals surface area contributed by atoms with Gasteiger partial charge in [-0.05, 0) is 75.8 Å². The molecule has 0 aliphatic carbocycles. The Morgan fingerprint density at radius 1 is 1.03 bits per heavy atom. The standard InChI is InChI=1S/C25H28ClN3O/c1-24(2)13-20(14-25(3,4)29-24)28-23(30)18-7-8-21(22(26)12-18)17-6-5-16-9-10-27-15-19(16)11-17/h5-12,15,20,29H,13-14H2,1-4H3,(H,28,30). The molecule has 1 saturated heterocycles. The number of benzene rings is 2. The topological polar surface area (TPSA) is 54.0 Å². The second-order valence-corrected chi connectivity index (χ2v) is 10.0. The van der Waals surface area contributed by atoms with Gasteiger partial charge in [0.15, 0.2) is 0 Å². The van der Waals surface area contributed by atoms with Crippen molar-refractivity contribution in [3.63, 3.8) is 0 Å². The average Bonchev–Trinajstić information content (AvgIpc) is 2.65. The number of fused-ring (bicyclic) bond motifs is 1. The first kappa shape index (κ1) is 20.8. The molecule has 1 aliphatic rings. The van der Waals surface area contributed by atoms with Gasteiger partial charge < -0.3 is 10.6 Å². The fraction of sp³-hybridized carbons (Fsp3) is 0.360. The molecule has 0 atom stereocenters. The molecule has 1 amide bonds. The lowest BCUT2D eigenvalue weighted by atomic mass is 9.79. The summed E-state index contributed by atoms with van der Waals surface area (Å²) in [7, 11) is 0. The number of hydrogen-bond donors (Lipinski definition) is 2. The zero-order valence-corrected chi connectivity index (χ0v) is 18.7. The van der Waals surface area contributed by atoms with Crippen molar-refractivity contribution in [2.24, 2.45) is 0 Å². The predicted octanol–water partition coefficient (Wildman–Crippen LogP) is 5.59. The molecule has 4 nitrogen and oxygen atoms in total. The molecular formula is C25H28ClN3O. The lowest BCUT2D eigenvalue weighted by Crippen LogP contribution is -2.62. The molecule has 0 saturated carbocycles. The highest BCUT2D eigenvalue weighted by Gasteiger charge is 2.38. The molecule has 0 spiro atoms. The first-order valence-electron chi connectivity index (χ1n) is 10.4. The second-order valence-electron chi connectivity index (χ2n) is 9.60. The van der Waals surface area contributed by atoms with Crippen molar-refractivity contribution in [2.75, 3.05) is 0 Å². The van der Waals surface area contributed by atoms with Crippen LogP contribution in [0.4, 0.5) is 0 Å². The van der Waals surface area contributed by atoms with E-state index in [-0.39, 0.29) is 23.0 Å². The van der Waals surface area contributed by atoms with E-state index in [0.717, 1.165) is 34.7 Å². The van der Waals surface area contributed by atoms with Crippen LogP contribution in [0.2, 0.25) is 5.02 Å². The monoisotopic (exact) mass is 421 g/mol. The first-order chi connectivity index (χ1) is 14.1. The van der Waals surface area contributed by atoms with Gasteiger partial charge >= 0.3 is 0 Å². The van der Waals surface area contributed by atoms with E-state index in [4.69, 9.17) is 11.6 Å². The third-order valence-electron chi connectivity index (χ3n) is 5.71. The van der Waals surface area contributed by atoms with E-state index >= 15 is 0 Å². The van der Waals surface area contributed by atoms with Gasteiger partial charge in [-0.15, -0.1) is 0 Å². The Balaban J connectivity index is 1.54. The highest BCUT2D eigenvalue weighted by molar-refractivity contribution is 6.33. The van der Waals surface area contributed by atoms with Crippen LogP contribution < -0.4 is 10.6 Å². The van der Waals surface area contributed by atoms with Crippen molar-refractivity contribution in [3.8, 4) is 11.1 Å². The summed E-state index contributed by atoms with van der Waals surface area (Å²) in [5.74, 6) is -0.0790. The number of carbonyl (C=O) groups is 1. The Bertz CT molecular complexity index is 1090. The molecule has 4 rings (SSSR count). The van der Waals surface area contributed by atoms with Gasteiger partial charge in [0.05, 0.1) is 0 Å². The molecule has 156 valence electrons. The Hall–Kier alpha value is -2.43. The summed E-state index contributed by atoms with van der Waals surface area (Å²) in [6.45, 7) is 8.71. The Morgan fingerprint density at radius 3 is 2.47 bits per heavy atom. The molecule has 0 bridgehead atoms. The van der Waals surface area contributed by atoms with Gasteiger partial charge in [0, 0.05) is 51.0 Å². The predicted molar refractivity (Wildman–Crippen MR) is 124 cm³/mol. The van der Waals surface area contributed by atoms with Crippen LogP contribution in [-0.4, -0.2) is 28.0 Å². The Kier molecular flexibility index (Phi) is 5.33. The summed E-state index contributed by atoms with van der Waals surface area (Å²) in [5, 5.41) is 9.62. The summed E-state index contributed by atoms with van der Waals surface area (Å²) >= 11 is 6.59. The van der Waals surface area contributed by atoms with Crippen molar-refractivity contribution in [1.82, 2.24) is 15.6 Å². The van der Waals surface area contributed by atoms with Crippen molar-refractivity contribution < 1.29 is 4.79 Å². The average molecular weight is 422 g/mol. The van der Waals surface area contributed by atoms with Crippen LogP contribution in [-0.2, 0) is 0 Å². The zero-order chi connectivity index (χ0) is 21.5. The van der Waals surface area contributed by atoms with Gasteiger partial charge in [-0.1, -0.05) is 29.8 Å². The van der Waals surface area contributed by atoms with Gasteiger partial charge in [0.25, 0.3) is 5.91 Å². The Labute approximate surface area is 183 Å². The number of nitrogens with one attached hydrogen (secondary N) is 2. The number of rotatable bonds is 3. The Morgan fingerprint density at radius 2 is 1.77 bits per heavy atom. The number of aromatic nitrogens is 1. The quantitative estimate of drug-likeness (QED) is 0.579. The lowest BCUT2D eigenvalue weighted by Gasteiger charge is -2.46. The van der Waals surface area contributed by atoms with Crippen molar-refractivity contribution >= 4 is 28.3 Å². The van der Waals surface area contributed by atoms with Crippen molar-refractivity contribution in [1.29, 1.82) is 0 Å². The number of halogens is 1. The summed E-state index contributed by atoms with van der Waals surface area (Å²) in [6, 6.07) is 13.8. The fourth-order valence-corrected chi connectivity index (χ4v) is 5.13. The number of pyridine rings is 1. The van der Waals surface area contributed by atoms with Crippen LogP contribution >= 0.6 is 11.6 Å². The summed E-state index contributed by atoms with van der Waals surface area (Å²) in [4.78, 5) is 17.1. The number of carbonyl (C=O) groups excluding carboxylic acids is 1. The molecule has 1 aromatic heterocycles. The maximum Gasteiger partial charge on any atom is 0.251 e. The summed E-state index contributed by atoms with van der Waals surface area (Å²) in [5.41, 5.74) is 2.45. The van der Waals surface area contributed by atoms with Gasteiger partial charge in [-0.25, -0.2) is 0 Å². The minimum atomic E-state index is -0.0790. The SMILES string of the molecule is CC1(C)CC(NC(=O)c2ccc(-c3ccc4ccncc4c3)c(Cl)c2)CC(C)(C)N1. The minimum absolute atomic E-state index is 0.0217. The van der Waals surface area contributed by atoms with Crippen molar-refractivity contribution in [3.05, 3.63) is 65.4 Å². The van der Waals surface area contributed by atoms with E-state index in [0.29, 0.717) is 10.6 Å². The summed E-state index contributed by atoms with van der Waals surface area (Å²) < 4.78 is 0. The first-order valence-corrected chi connectivity index (χ1v) is 10.7. The number of amides is 1. The molecule has 1 fully saturated rings. The van der Waals surface area contributed by atoms with Crippen LogP contribution in [0.1, 0.15) is 50.9 Å². The molecule has 0 unspecified atom stereocenters. The van der Waals surface area contributed by atoms with E-state index in [1.165, 1.54) is 0 Å². The van der Waals surface area contributed by atoms with Gasteiger partial charge in [-0.2, -0.15) is 0 Å². The molecule has 2 heterocycles. The number of nitrogens with zero attached hydrogens (tertiary/aromatic N) is 1. The lowest BCUT2D eigenvalue weighted by molar-refractivity contribution is 0.0873. The molecule has 2 N–H and O–H groups in total. The van der Waals surface area contributed by atoms with Gasteiger partial charge in [-0.3, -0.25) is 9.78 Å². The molecule has 5 heteroatoms. The molecule has 30 heavy (non-hydrogen) atoms. The van der Waals surface area contributed by atoms with Crippen LogP contribution in [0.3, 0.4) is 0 Å². The second kappa shape index (κ2) is 7.68. The van der Waals surface area contributed by atoms with Crippen LogP contribution in [0.5, 0.6) is 0 Å². The fourth-order valence-electron chi connectivity index (χ4n) is 4.84. The van der Waals surface area contributed by atoms with Gasteiger partial charge in [0.2, 0.25) is 0 Å². The smallest absolute Gasteiger partial charge is 0.251 e. The maximum absolute atomic E-state index is 12.9. The van der Waals surface area contributed by atoms with Gasteiger partial charge in [0.1, 0.15) is 0 Å². The molecule has 0 radical (unpaired) electrons. The van der Waals surface area contributed by atoms with Crippen molar-refractivity contribution in [2.45, 2.75) is 57.7 Å². The van der Waals surface area contributed by atoms with Crippen LogP contribution in [0, 0.1) is 0 Å². The van der Waals surface area contributed by atoms with Crippen LogP contribution in [0.25, 0.3) is 21.9 Å². The van der Waals surface area contributed by atoms with E-state index in [1.807, 2.05) is 30.5 Å². The molecular weight excluding hydrogens is 394 g/mol. The van der Waals surface area contributed by atoms with E-state index < -0.39 is 0 Å². The highest BCUT2D eigenvalue weighted by Crippen LogP contribution is 2.32. The molecule has 1 aliphatic heterocycles. The van der Waals surface area contributed by atoms with Crippen LogP contribution in [0.15, 0.2) is 54.9 Å². The summed E-state index contributed by atoms with van der Waals surface area (Å²) in [6.07, 6.45) is 5.40. The number of hydrogen-bond acceptors (Lipinski definition) is 3. The molecule has 3 aromatic rings. The van der Waals surface area contributed by atoms with E-state index in [9.17, 15) is 4.79 Å².